The average molecular weight is 312 g/mol. The second kappa shape index (κ2) is 7.02. The lowest BCUT2D eigenvalue weighted by Gasteiger charge is -2.26. The first-order valence-corrected chi connectivity index (χ1v) is 8.45. The molecule has 0 bridgehead atoms. The van der Waals surface area contributed by atoms with E-state index in [-0.39, 0.29) is 24.0 Å². The minimum absolute atomic E-state index is 0.0746. The van der Waals surface area contributed by atoms with Crippen LogP contribution in [0.25, 0.3) is 0 Å². The standard InChI is InChI=1S/C14H20N2O4S/c1-2-12-3-5-13(6-4-12)21(18,19)15-7-8-16-9-10-20-11-14(16)17/h3-6,15H,2,7-11H2,1H3. The minimum Gasteiger partial charge on any atom is -0.370 e. The highest BCUT2D eigenvalue weighted by Crippen LogP contribution is 2.10. The van der Waals surface area contributed by atoms with Crippen molar-refractivity contribution in [1.82, 2.24) is 9.62 Å². The quantitative estimate of drug-likeness (QED) is 0.824. The molecule has 0 radical (unpaired) electrons. The smallest absolute Gasteiger partial charge is 0.248 e. The largest absolute Gasteiger partial charge is 0.370 e. The number of nitrogens with zero attached hydrogens (tertiary/aromatic N) is 1. The molecule has 0 unspecified atom stereocenters. The summed E-state index contributed by atoms with van der Waals surface area (Å²) in [5.74, 6) is -0.104. The molecule has 21 heavy (non-hydrogen) atoms. The van der Waals surface area contributed by atoms with Gasteiger partial charge in [-0.2, -0.15) is 0 Å². The third-order valence-corrected chi connectivity index (χ3v) is 4.88. The maximum Gasteiger partial charge on any atom is 0.248 e. The molecule has 1 fully saturated rings. The molecule has 1 aliphatic rings. The Hall–Kier alpha value is -1.44. The maximum atomic E-state index is 12.1. The number of hydrogen-bond acceptors (Lipinski definition) is 4. The molecule has 1 aliphatic heterocycles. The number of carbonyl (C=O) groups excluding carboxylic acids is 1. The zero-order valence-electron chi connectivity index (χ0n) is 12.0. The van der Waals surface area contributed by atoms with Crippen molar-refractivity contribution in [3.05, 3.63) is 29.8 Å². The molecule has 6 nitrogen and oxygen atoms in total. The van der Waals surface area contributed by atoms with Gasteiger partial charge in [-0.15, -0.1) is 0 Å². The van der Waals surface area contributed by atoms with Crippen LogP contribution in [0.4, 0.5) is 0 Å². The maximum absolute atomic E-state index is 12.1. The fourth-order valence-corrected chi connectivity index (χ4v) is 3.11. The number of morpholine rings is 1. The lowest BCUT2D eigenvalue weighted by atomic mass is 10.2. The number of benzene rings is 1. The lowest BCUT2D eigenvalue weighted by Crippen LogP contribution is -2.45. The molecule has 0 saturated carbocycles. The van der Waals surface area contributed by atoms with E-state index >= 15 is 0 Å². The van der Waals surface area contributed by atoms with Crippen LogP contribution < -0.4 is 4.72 Å². The number of amides is 1. The van der Waals surface area contributed by atoms with Crippen molar-refractivity contribution in [2.75, 3.05) is 32.8 Å². The molecule has 1 heterocycles. The molecule has 0 atom stereocenters. The zero-order chi connectivity index (χ0) is 15.3. The van der Waals surface area contributed by atoms with Crippen molar-refractivity contribution < 1.29 is 17.9 Å². The van der Waals surface area contributed by atoms with Crippen LogP contribution in [0.15, 0.2) is 29.2 Å². The number of nitrogens with one attached hydrogen (secondary N) is 1. The van der Waals surface area contributed by atoms with E-state index < -0.39 is 10.0 Å². The Morgan fingerprint density at radius 3 is 2.62 bits per heavy atom. The van der Waals surface area contributed by atoms with Crippen molar-refractivity contribution in [2.45, 2.75) is 18.2 Å². The molecule has 7 heteroatoms. The summed E-state index contributed by atoms with van der Waals surface area (Å²) < 4.78 is 31.8. The molecule has 1 saturated heterocycles. The van der Waals surface area contributed by atoms with Gasteiger partial charge in [-0.05, 0) is 24.1 Å². The summed E-state index contributed by atoms with van der Waals surface area (Å²) in [5.41, 5.74) is 1.09. The highest BCUT2D eigenvalue weighted by molar-refractivity contribution is 7.89. The monoisotopic (exact) mass is 312 g/mol. The van der Waals surface area contributed by atoms with E-state index in [9.17, 15) is 13.2 Å². The highest BCUT2D eigenvalue weighted by atomic mass is 32.2. The van der Waals surface area contributed by atoms with E-state index in [1.807, 2.05) is 6.92 Å². The molecule has 0 aliphatic carbocycles. The van der Waals surface area contributed by atoms with Crippen LogP contribution in [0, 0.1) is 0 Å². The zero-order valence-corrected chi connectivity index (χ0v) is 12.9. The third kappa shape index (κ3) is 4.26. The average Bonchev–Trinajstić information content (AvgIpc) is 2.49. The Morgan fingerprint density at radius 2 is 2.00 bits per heavy atom. The Morgan fingerprint density at radius 1 is 1.29 bits per heavy atom. The van der Waals surface area contributed by atoms with Crippen LogP contribution in [0.3, 0.4) is 0 Å². The summed E-state index contributed by atoms with van der Waals surface area (Å²) in [4.78, 5) is 13.4. The first kappa shape index (κ1) is 15.9. The van der Waals surface area contributed by atoms with Gasteiger partial charge in [0.15, 0.2) is 0 Å². The highest BCUT2D eigenvalue weighted by Gasteiger charge is 2.19. The second-order valence-corrected chi connectivity index (χ2v) is 6.60. The van der Waals surface area contributed by atoms with Gasteiger partial charge in [0.2, 0.25) is 15.9 Å². The van der Waals surface area contributed by atoms with Gasteiger partial charge in [0.1, 0.15) is 6.61 Å². The van der Waals surface area contributed by atoms with Gasteiger partial charge >= 0.3 is 0 Å². The van der Waals surface area contributed by atoms with Crippen molar-refractivity contribution in [3.63, 3.8) is 0 Å². The van der Waals surface area contributed by atoms with Crippen molar-refractivity contribution >= 4 is 15.9 Å². The molecule has 1 aromatic carbocycles. The van der Waals surface area contributed by atoms with Crippen LogP contribution in [-0.4, -0.2) is 52.1 Å². The number of sulfonamides is 1. The summed E-state index contributed by atoms with van der Waals surface area (Å²) in [6.45, 7) is 3.65. The summed E-state index contributed by atoms with van der Waals surface area (Å²) in [6, 6.07) is 6.81. The molecule has 0 spiro atoms. The normalized spacial score (nSPS) is 16.2. The van der Waals surface area contributed by atoms with E-state index in [0.717, 1.165) is 12.0 Å². The summed E-state index contributed by atoms with van der Waals surface area (Å²) in [5, 5.41) is 0. The van der Waals surface area contributed by atoms with Crippen LogP contribution in [0.5, 0.6) is 0 Å². The van der Waals surface area contributed by atoms with Gasteiger partial charge in [-0.25, -0.2) is 13.1 Å². The van der Waals surface area contributed by atoms with Crippen LogP contribution >= 0.6 is 0 Å². The SMILES string of the molecule is CCc1ccc(S(=O)(=O)NCCN2CCOCC2=O)cc1. The first-order chi connectivity index (χ1) is 10.0. The van der Waals surface area contributed by atoms with Gasteiger partial charge in [0.25, 0.3) is 0 Å². The summed E-state index contributed by atoms with van der Waals surface area (Å²) in [6.07, 6.45) is 0.868. The summed E-state index contributed by atoms with van der Waals surface area (Å²) >= 11 is 0. The fraction of sp³-hybridized carbons (Fsp3) is 0.500. The molecule has 1 N–H and O–H groups in total. The molecule has 1 amide bonds. The van der Waals surface area contributed by atoms with Gasteiger partial charge in [-0.3, -0.25) is 4.79 Å². The van der Waals surface area contributed by atoms with E-state index in [1.54, 1.807) is 29.2 Å². The number of rotatable bonds is 6. The first-order valence-electron chi connectivity index (χ1n) is 6.97. The Kier molecular flexibility index (Phi) is 5.33. The molecule has 116 valence electrons. The van der Waals surface area contributed by atoms with Gasteiger partial charge in [0.05, 0.1) is 11.5 Å². The number of ether oxygens (including phenoxy) is 1. The number of aryl methyl sites for hydroxylation is 1. The Labute approximate surface area is 125 Å². The van der Waals surface area contributed by atoms with E-state index in [0.29, 0.717) is 19.7 Å². The molecule has 0 aromatic heterocycles. The minimum atomic E-state index is -3.52. The lowest BCUT2D eigenvalue weighted by molar-refractivity contribution is -0.142. The van der Waals surface area contributed by atoms with Crippen molar-refractivity contribution in [3.8, 4) is 0 Å². The molecule has 1 aromatic rings. The van der Waals surface area contributed by atoms with E-state index in [1.165, 1.54) is 0 Å². The topological polar surface area (TPSA) is 75.7 Å². The fourth-order valence-electron chi connectivity index (χ4n) is 2.09. The predicted octanol–water partition coefficient (Wildman–Crippen LogP) is 0.386. The summed E-state index contributed by atoms with van der Waals surface area (Å²) in [7, 11) is -3.52. The predicted molar refractivity (Wildman–Crippen MR) is 78.4 cm³/mol. The Bertz CT molecular complexity index is 583. The number of carbonyl (C=O) groups is 1. The van der Waals surface area contributed by atoms with Crippen LogP contribution in [-0.2, 0) is 26.0 Å². The van der Waals surface area contributed by atoms with E-state index in [2.05, 4.69) is 4.72 Å². The molecular formula is C14H20N2O4S. The van der Waals surface area contributed by atoms with Gasteiger partial charge < -0.3 is 9.64 Å². The van der Waals surface area contributed by atoms with Gasteiger partial charge in [0, 0.05) is 19.6 Å². The number of hydrogen-bond donors (Lipinski definition) is 1. The second-order valence-electron chi connectivity index (χ2n) is 4.83. The Balaban J connectivity index is 1.90. The van der Waals surface area contributed by atoms with E-state index in [4.69, 9.17) is 4.74 Å². The van der Waals surface area contributed by atoms with Crippen molar-refractivity contribution in [1.29, 1.82) is 0 Å². The van der Waals surface area contributed by atoms with Crippen LogP contribution in [0.1, 0.15) is 12.5 Å². The van der Waals surface area contributed by atoms with Gasteiger partial charge in [-0.1, -0.05) is 19.1 Å². The molecule has 2 rings (SSSR count). The van der Waals surface area contributed by atoms with Crippen LogP contribution in [0.2, 0.25) is 0 Å². The third-order valence-electron chi connectivity index (χ3n) is 3.40. The molecular weight excluding hydrogens is 292 g/mol. The van der Waals surface area contributed by atoms with Crippen molar-refractivity contribution in [2.24, 2.45) is 0 Å².